The number of benzene rings is 1. The van der Waals surface area contributed by atoms with E-state index in [1.165, 1.54) is 5.56 Å². The summed E-state index contributed by atoms with van der Waals surface area (Å²) in [5.41, 5.74) is 5.47. The van der Waals surface area contributed by atoms with Gasteiger partial charge in [0.05, 0.1) is 16.7 Å². The Hall–Kier alpha value is -2.20. The van der Waals surface area contributed by atoms with Gasteiger partial charge in [-0.3, -0.25) is 9.55 Å². The Balaban J connectivity index is 2.14. The molecule has 0 radical (unpaired) electrons. The maximum Gasteiger partial charge on any atom is 0.100 e. The van der Waals surface area contributed by atoms with E-state index in [-0.39, 0.29) is 0 Å². The molecule has 102 valence electrons. The second-order valence-electron chi connectivity index (χ2n) is 4.84. The SMILES string of the molecule is CCNCc1cnc(C)cc1-n1cnc2ccccc21. The minimum absolute atomic E-state index is 0.811. The van der Waals surface area contributed by atoms with E-state index in [2.05, 4.69) is 38.9 Å². The number of pyridine rings is 1. The molecule has 4 heteroatoms. The molecule has 2 heterocycles. The Morgan fingerprint density at radius 1 is 1.20 bits per heavy atom. The van der Waals surface area contributed by atoms with Crippen molar-refractivity contribution in [3.8, 4) is 5.69 Å². The molecule has 0 bridgehead atoms. The zero-order valence-electron chi connectivity index (χ0n) is 11.8. The van der Waals surface area contributed by atoms with Crippen LogP contribution >= 0.6 is 0 Å². The molecule has 0 spiro atoms. The fourth-order valence-corrected chi connectivity index (χ4v) is 2.34. The average molecular weight is 266 g/mol. The Labute approximate surface area is 118 Å². The Bertz CT molecular complexity index is 730. The summed E-state index contributed by atoms with van der Waals surface area (Å²) in [6.07, 6.45) is 3.83. The molecule has 20 heavy (non-hydrogen) atoms. The number of nitrogens with zero attached hydrogens (tertiary/aromatic N) is 3. The molecule has 4 nitrogen and oxygen atoms in total. The van der Waals surface area contributed by atoms with Crippen LogP contribution in [-0.4, -0.2) is 21.1 Å². The Kier molecular flexibility index (Phi) is 3.48. The van der Waals surface area contributed by atoms with Crippen LogP contribution in [0.2, 0.25) is 0 Å². The van der Waals surface area contributed by atoms with Gasteiger partial charge in [0.25, 0.3) is 0 Å². The molecule has 0 unspecified atom stereocenters. The van der Waals surface area contributed by atoms with Crippen molar-refractivity contribution in [2.24, 2.45) is 0 Å². The fourth-order valence-electron chi connectivity index (χ4n) is 2.34. The van der Waals surface area contributed by atoms with Crippen molar-refractivity contribution in [1.29, 1.82) is 0 Å². The maximum atomic E-state index is 4.47. The molecule has 0 amide bonds. The van der Waals surface area contributed by atoms with Crippen molar-refractivity contribution < 1.29 is 0 Å². The van der Waals surface area contributed by atoms with Crippen molar-refractivity contribution in [2.75, 3.05) is 6.54 Å². The highest BCUT2D eigenvalue weighted by molar-refractivity contribution is 5.77. The molecule has 3 aromatic rings. The van der Waals surface area contributed by atoms with Gasteiger partial charge in [-0.15, -0.1) is 0 Å². The summed E-state index contributed by atoms with van der Waals surface area (Å²) in [5.74, 6) is 0. The van der Waals surface area contributed by atoms with E-state index in [1.54, 1.807) is 0 Å². The molecule has 0 fully saturated rings. The van der Waals surface area contributed by atoms with E-state index in [1.807, 2.05) is 37.6 Å². The molecule has 1 N–H and O–H groups in total. The van der Waals surface area contributed by atoms with Gasteiger partial charge in [0, 0.05) is 24.0 Å². The Morgan fingerprint density at radius 3 is 2.90 bits per heavy atom. The predicted octanol–water partition coefficient (Wildman–Crippen LogP) is 2.84. The van der Waals surface area contributed by atoms with Gasteiger partial charge < -0.3 is 5.32 Å². The fraction of sp³-hybridized carbons (Fsp3) is 0.250. The van der Waals surface area contributed by atoms with Crippen LogP contribution < -0.4 is 5.32 Å². The van der Waals surface area contributed by atoms with Gasteiger partial charge in [-0.25, -0.2) is 4.98 Å². The third-order valence-corrected chi connectivity index (χ3v) is 3.38. The van der Waals surface area contributed by atoms with Crippen molar-refractivity contribution in [3.05, 3.63) is 54.1 Å². The lowest BCUT2D eigenvalue weighted by Gasteiger charge is -2.12. The lowest BCUT2D eigenvalue weighted by molar-refractivity contribution is 0.719. The molecular weight excluding hydrogens is 248 g/mol. The summed E-state index contributed by atoms with van der Waals surface area (Å²) in [6.45, 7) is 5.87. The highest BCUT2D eigenvalue weighted by Gasteiger charge is 2.09. The van der Waals surface area contributed by atoms with Crippen LogP contribution in [0.5, 0.6) is 0 Å². The quantitative estimate of drug-likeness (QED) is 0.789. The maximum absolute atomic E-state index is 4.47. The zero-order chi connectivity index (χ0) is 13.9. The number of rotatable bonds is 4. The number of para-hydroxylation sites is 2. The first-order chi connectivity index (χ1) is 9.79. The van der Waals surface area contributed by atoms with Gasteiger partial charge in [0.2, 0.25) is 0 Å². The summed E-state index contributed by atoms with van der Waals surface area (Å²) >= 11 is 0. The first-order valence-corrected chi connectivity index (χ1v) is 6.88. The lowest BCUT2D eigenvalue weighted by Crippen LogP contribution is -2.14. The molecule has 2 aromatic heterocycles. The van der Waals surface area contributed by atoms with Gasteiger partial charge in [0.1, 0.15) is 6.33 Å². The summed E-state index contributed by atoms with van der Waals surface area (Å²) < 4.78 is 2.14. The molecule has 0 aliphatic heterocycles. The smallest absolute Gasteiger partial charge is 0.100 e. The highest BCUT2D eigenvalue weighted by atomic mass is 15.1. The first-order valence-electron chi connectivity index (χ1n) is 6.88. The minimum Gasteiger partial charge on any atom is -0.313 e. The van der Waals surface area contributed by atoms with Crippen LogP contribution in [0.15, 0.2) is 42.9 Å². The van der Waals surface area contributed by atoms with Crippen LogP contribution in [0, 0.1) is 6.92 Å². The first kappa shape index (κ1) is 12.8. The molecule has 0 saturated carbocycles. The van der Waals surface area contributed by atoms with E-state index >= 15 is 0 Å². The van der Waals surface area contributed by atoms with Crippen LogP contribution in [0.4, 0.5) is 0 Å². The van der Waals surface area contributed by atoms with E-state index in [0.29, 0.717) is 0 Å². The number of aryl methyl sites for hydroxylation is 1. The monoisotopic (exact) mass is 266 g/mol. The zero-order valence-corrected chi connectivity index (χ0v) is 11.8. The molecule has 3 rings (SSSR count). The van der Waals surface area contributed by atoms with Gasteiger partial charge in [-0.05, 0) is 31.7 Å². The third kappa shape index (κ3) is 2.30. The topological polar surface area (TPSA) is 42.7 Å². The van der Waals surface area contributed by atoms with Crippen LogP contribution in [0.1, 0.15) is 18.2 Å². The standard InChI is InChI=1S/C16H18N4/c1-3-17-9-13-10-18-12(2)8-16(13)20-11-19-14-6-4-5-7-15(14)20/h4-8,10-11,17H,3,9H2,1-2H3. The van der Waals surface area contributed by atoms with Crippen LogP contribution in [0.3, 0.4) is 0 Å². The highest BCUT2D eigenvalue weighted by Crippen LogP contribution is 2.21. The summed E-state index contributed by atoms with van der Waals surface area (Å²) in [5, 5.41) is 3.36. The van der Waals surface area contributed by atoms with Crippen molar-refractivity contribution >= 4 is 11.0 Å². The summed E-state index contributed by atoms with van der Waals surface area (Å²) in [4.78, 5) is 8.88. The second kappa shape index (κ2) is 5.43. The summed E-state index contributed by atoms with van der Waals surface area (Å²) in [7, 11) is 0. The largest absolute Gasteiger partial charge is 0.313 e. The molecule has 0 saturated heterocycles. The number of aromatic nitrogens is 3. The van der Waals surface area contributed by atoms with Gasteiger partial charge in [0.15, 0.2) is 0 Å². The Morgan fingerprint density at radius 2 is 2.05 bits per heavy atom. The van der Waals surface area contributed by atoms with E-state index in [4.69, 9.17) is 0 Å². The lowest BCUT2D eigenvalue weighted by atomic mass is 10.2. The number of nitrogens with one attached hydrogen (secondary N) is 1. The average Bonchev–Trinajstić information content (AvgIpc) is 2.90. The molecule has 0 aliphatic carbocycles. The van der Waals surface area contributed by atoms with Gasteiger partial charge in [-0.1, -0.05) is 19.1 Å². The van der Waals surface area contributed by atoms with Crippen molar-refractivity contribution in [1.82, 2.24) is 19.9 Å². The van der Waals surface area contributed by atoms with E-state index in [0.717, 1.165) is 35.5 Å². The predicted molar refractivity (Wildman–Crippen MR) is 81.0 cm³/mol. The number of fused-ring (bicyclic) bond motifs is 1. The van der Waals surface area contributed by atoms with Crippen molar-refractivity contribution in [3.63, 3.8) is 0 Å². The van der Waals surface area contributed by atoms with Gasteiger partial charge in [-0.2, -0.15) is 0 Å². The van der Waals surface area contributed by atoms with E-state index in [9.17, 15) is 0 Å². The number of hydrogen-bond donors (Lipinski definition) is 1. The second-order valence-corrected chi connectivity index (χ2v) is 4.84. The molecular formula is C16H18N4. The molecule has 1 aromatic carbocycles. The van der Waals surface area contributed by atoms with Gasteiger partial charge >= 0.3 is 0 Å². The molecule has 0 atom stereocenters. The number of imidazole rings is 1. The number of hydrogen-bond acceptors (Lipinski definition) is 3. The van der Waals surface area contributed by atoms with E-state index < -0.39 is 0 Å². The third-order valence-electron chi connectivity index (χ3n) is 3.38. The summed E-state index contributed by atoms with van der Waals surface area (Å²) in [6, 6.07) is 10.3. The minimum atomic E-state index is 0.811. The van der Waals surface area contributed by atoms with Crippen molar-refractivity contribution in [2.45, 2.75) is 20.4 Å². The van der Waals surface area contributed by atoms with Crippen LogP contribution in [0.25, 0.3) is 16.7 Å². The van der Waals surface area contributed by atoms with Crippen LogP contribution in [-0.2, 0) is 6.54 Å². The molecule has 0 aliphatic rings. The normalized spacial score (nSPS) is 11.1.